The van der Waals surface area contributed by atoms with Gasteiger partial charge >= 0.3 is 0 Å². The van der Waals surface area contributed by atoms with Gasteiger partial charge in [0.25, 0.3) is 0 Å². The highest BCUT2D eigenvalue weighted by molar-refractivity contribution is 7.80. The van der Waals surface area contributed by atoms with Crippen molar-refractivity contribution in [3.8, 4) is 22.8 Å². The summed E-state index contributed by atoms with van der Waals surface area (Å²) in [5.74, 6) is 2.21. The molecule has 190 valence electrons. The Hall–Kier alpha value is -3.17. The summed E-state index contributed by atoms with van der Waals surface area (Å²) >= 11 is 5.46. The zero-order valence-corrected chi connectivity index (χ0v) is 21.6. The maximum Gasteiger partial charge on any atom is 0.170 e. The topological polar surface area (TPSA) is 63.6 Å². The first kappa shape index (κ1) is 24.5. The smallest absolute Gasteiger partial charge is 0.170 e. The molecule has 1 aromatic heterocycles. The minimum Gasteiger partial charge on any atom is -0.493 e. The van der Waals surface area contributed by atoms with E-state index in [-0.39, 0.29) is 5.82 Å². The van der Waals surface area contributed by atoms with Crippen molar-refractivity contribution < 1.29 is 13.9 Å². The van der Waals surface area contributed by atoms with E-state index in [0.29, 0.717) is 34.5 Å². The lowest BCUT2D eigenvalue weighted by atomic mass is 9.74. The summed E-state index contributed by atoms with van der Waals surface area (Å²) in [5.41, 5.74) is 4.01. The van der Waals surface area contributed by atoms with Crippen LogP contribution in [0.25, 0.3) is 11.3 Å². The molecule has 3 fully saturated rings. The van der Waals surface area contributed by atoms with Crippen LogP contribution >= 0.6 is 12.2 Å². The fraction of sp³-hybridized carbons (Fsp3) is 0.407. The van der Waals surface area contributed by atoms with Gasteiger partial charge in [-0.25, -0.2) is 4.39 Å². The van der Waals surface area contributed by atoms with Crippen LogP contribution in [0.4, 0.5) is 10.1 Å². The van der Waals surface area contributed by atoms with E-state index < -0.39 is 0 Å². The van der Waals surface area contributed by atoms with Crippen LogP contribution < -0.4 is 20.1 Å². The molecule has 2 aromatic carbocycles. The van der Waals surface area contributed by atoms with Crippen molar-refractivity contribution in [2.75, 3.05) is 39.2 Å². The summed E-state index contributed by atoms with van der Waals surface area (Å²) in [6, 6.07) is 14.8. The van der Waals surface area contributed by atoms with Gasteiger partial charge in [0, 0.05) is 49.0 Å². The second-order valence-electron chi connectivity index (χ2n) is 9.53. The van der Waals surface area contributed by atoms with Crippen molar-refractivity contribution in [2.45, 2.75) is 24.8 Å². The van der Waals surface area contributed by atoms with Gasteiger partial charge in [0.2, 0.25) is 0 Å². The molecular weight excluding hydrogens is 477 g/mol. The maximum atomic E-state index is 13.1. The Morgan fingerprint density at radius 2 is 1.89 bits per heavy atom. The standard InChI is InChI=1S/C27H32FN5O2S/c1-32-24(14-23(31-32)18-4-9-25(34-2)26(13-18)35-3)22-16-33-11-10-17(22)12-21(33)15-29-27(36)30-20-7-5-19(28)6-8-20/h4-9,13-14,17,21-22H,10-12,15-16H2,1-3H3,(H2,29,30,36)/t17-,21+,22+/m0/s1. The lowest BCUT2D eigenvalue weighted by Gasteiger charge is -2.50. The van der Waals surface area contributed by atoms with Gasteiger partial charge in [-0.05, 0) is 86.1 Å². The van der Waals surface area contributed by atoms with E-state index >= 15 is 0 Å². The molecule has 9 heteroatoms. The number of fused-ring (bicyclic) bond motifs is 3. The van der Waals surface area contributed by atoms with Gasteiger partial charge in [-0.3, -0.25) is 9.58 Å². The maximum absolute atomic E-state index is 13.1. The number of piperidine rings is 3. The van der Waals surface area contributed by atoms with Crippen molar-refractivity contribution in [2.24, 2.45) is 13.0 Å². The Bertz CT molecular complexity index is 1230. The van der Waals surface area contributed by atoms with Crippen LogP contribution in [0.2, 0.25) is 0 Å². The highest BCUT2D eigenvalue weighted by Crippen LogP contribution is 2.42. The van der Waals surface area contributed by atoms with Crippen LogP contribution in [0.3, 0.4) is 0 Å². The molecule has 7 nitrogen and oxygen atoms in total. The molecule has 0 aliphatic carbocycles. The molecule has 0 spiro atoms. The molecule has 0 amide bonds. The Kier molecular flexibility index (Phi) is 7.11. The number of thiocarbonyl (C=S) groups is 1. The minimum absolute atomic E-state index is 0.260. The second-order valence-corrected chi connectivity index (χ2v) is 9.94. The number of benzene rings is 2. The zero-order valence-electron chi connectivity index (χ0n) is 20.8. The number of aromatic nitrogens is 2. The number of halogens is 1. The molecule has 36 heavy (non-hydrogen) atoms. The fourth-order valence-corrected chi connectivity index (χ4v) is 5.77. The molecule has 6 rings (SSSR count). The van der Waals surface area contributed by atoms with E-state index in [0.717, 1.165) is 43.0 Å². The van der Waals surface area contributed by atoms with Gasteiger partial charge in [0.05, 0.1) is 19.9 Å². The molecule has 3 aliphatic rings. The van der Waals surface area contributed by atoms with Crippen LogP contribution in [-0.2, 0) is 7.05 Å². The average Bonchev–Trinajstić information content (AvgIpc) is 3.30. The average molecular weight is 510 g/mol. The summed E-state index contributed by atoms with van der Waals surface area (Å²) in [4.78, 5) is 2.57. The molecule has 0 saturated carbocycles. The fourth-order valence-electron chi connectivity index (χ4n) is 5.57. The summed E-state index contributed by atoms with van der Waals surface area (Å²) in [6.07, 6.45) is 2.31. The monoisotopic (exact) mass is 509 g/mol. The minimum atomic E-state index is -0.260. The molecule has 3 aliphatic heterocycles. The summed E-state index contributed by atoms with van der Waals surface area (Å²) in [5, 5.41) is 11.9. The molecule has 0 radical (unpaired) electrons. The number of ether oxygens (including phenoxy) is 2. The van der Waals surface area contributed by atoms with Gasteiger partial charge in [0.15, 0.2) is 16.6 Å². The van der Waals surface area contributed by atoms with Gasteiger partial charge in [-0.15, -0.1) is 0 Å². The predicted molar refractivity (Wildman–Crippen MR) is 143 cm³/mol. The molecule has 3 aromatic rings. The SMILES string of the molecule is COc1ccc(-c2cc([C@@H]3CN4CC[C@H]3C[C@@H]4CNC(=S)Nc3ccc(F)cc3)n(C)n2)cc1OC. The Morgan fingerprint density at radius 1 is 1.11 bits per heavy atom. The predicted octanol–water partition coefficient (Wildman–Crippen LogP) is 4.41. The van der Waals surface area contributed by atoms with Gasteiger partial charge in [-0.1, -0.05) is 0 Å². The Balaban J connectivity index is 1.22. The molecular formula is C27H32FN5O2S. The summed E-state index contributed by atoms with van der Waals surface area (Å²) in [7, 11) is 5.33. The van der Waals surface area contributed by atoms with Gasteiger partial charge in [-0.2, -0.15) is 5.10 Å². The number of aryl methyl sites for hydroxylation is 1. The van der Waals surface area contributed by atoms with Crippen molar-refractivity contribution in [3.05, 3.63) is 60.0 Å². The highest BCUT2D eigenvalue weighted by Gasteiger charge is 2.41. The normalized spacial score (nSPS) is 22.8. The third-order valence-electron chi connectivity index (χ3n) is 7.45. The largest absolute Gasteiger partial charge is 0.493 e. The molecule has 4 heterocycles. The number of anilines is 1. The zero-order chi connectivity index (χ0) is 25.2. The van der Waals surface area contributed by atoms with Gasteiger partial charge in [0.1, 0.15) is 5.82 Å². The molecule has 3 saturated heterocycles. The third-order valence-corrected chi connectivity index (χ3v) is 7.70. The number of hydrogen-bond donors (Lipinski definition) is 2. The van der Waals surface area contributed by atoms with Crippen LogP contribution in [0.1, 0.15) is 24.5 Å². The number of nitrogens with zero attached hydrogens (tertiary/aromatic N) is 3. The van der Waals surface area contributed by atoms with Crippen LogP contribution in [0, 0.1) is 11.7 Å². The summed E-state index contributed by atoms with van der Waals surface area (Å²) < 4.78 is 26.0. The number of rotatable bonds is 7. The van der Waals surface area contributed by atoms with Crippen LogP contribution in [0.5, 0.6) is 11.5 Å². The molecule has 2 bridgehead atoms. The third kappa shape index (κ3) is 5.03. The first-order valence-electron chi connectivity index (χ1n) is 12.3. The first-order valence-corrected chi connectivity index (χ1v) is 12.7. The van der Waals surface area contributed by atoms with E-state index in [1.807, 2.05) is 29.9 Å². The summed E-state index contributed by atoms with van der Waals surface area (Å²) in [6.45, 7) is 2.91. The first-order chi connectivity index (χ1) is 17.4. The van der Waals surface area contributed by atoms with E-state index in [1.54, 1.807) is 26.4 Å². The van der Waals surface area contributed by atoms with Crippen molar-refractivity contribution in [1.82, 2.24) is 20.0 Å². The Morgan fingerprint density at radius 3 is 2.58 bits per heavy atom. The van der Waals surface area contributed by atoms with Crippen LogP contribution in [0.15, 0.2) is 48.5 Å². The van der Waals surface area contributed by atoms with Crippen molar-refractivity contribution >= 4 is 23.0 Å². The molecule has 4 atom stereocenters. The van der Waals surface area contributed by atoms with Crippen molar-refractivity contribution in [3.63, 3.8) is 0 Å². The van der Waals surface area contributed by atoms with Crippen molar-refractivity contribution in [1.29, 1.82) is 0 Å². The Labute approximate surface area is 216 Å². The number of methoxy groups -OCH3 is 2. The van der Waals surface area contributed by atoms with Gasteiger partial charge < -0.3 is 20.1 Å². The number of hydrogen-bond acceptors (Lipinski definition) is 5. The highest BCUT2D eigenvalue weighted by atomic mass is 32.1. The van der Waals surface area contributed by atoms with E-state index in [4.69, 9.17) is 26.8 Å². The van der Waals surface area contributed by atoms with Crippen LogP contribution in [-0.4, -0.2) is 59.7 Å². The van der Waals surface area contributed by atoms with E-state index in [1.165, 1.54) is 24.2 Å². The molecule has 1 unspecified atom stereocenters. The van der Waals surface area contributed by atoms with E-state index in [9.17, 15) is 4.39 Å². The molecule has 2 N–H and O–H groups in total. The lowest BCUT2D eigenvalue weighted by Crippen LogP contribution is -2.56. The number of nitrogens with one attached hydrogen (secondary N) is 2. The quantitative estimate of drug-likeness (QED) is 0.458. The van der Waals surface area contributed by atoms with E-state index in [2.05, 4.69) is 21.6 Å². The second kappa shape index (κ2) is 10.4. The lowest BCUT2D eigenvalue weighted by molar-refractivity contribution is 0.0303.